The van der Waals surface area contributed by atoms with Crippen LogP contribution in [0.1, 0.15) is 19.4 Å². The van der Waals surface area contributed by atoms with Crippen molar-refractivity contribution in [2.75, 3.05) is 6.54 Å². The molecule has 3 nitrogen and oxygen atoms in total. The summed E-state index contributed by atoms with van der Waals surface area (Å²) < 4.78 is 13.2. The first kappa shape index (κ1) is 12.5. The molecular formula is C12H18FN3. The molecule has 0 aliphatic heterocycles. The van der Waals surface area contributed by atoms with Crippen molar-refractivity contribution in [1.82, 2.24) is 5.32 Å². The quantitative estimate of drug-likeness (QED) is 0.605. The van der Waals surface area contributed by atoms with Crippen LogP contribution in [-0.2, 0) is 6.54 Å². The van der Waals surface area contributed by atoms with Crippen molar-refractivity contribution in [3.8, 4) is 0 Å². The van der Waals surface area contributed by atoms with Crippen LogP contribution in [0.15, 0.2) is 29.3 Å². The second kappa shape index (κ2) is 6.10. The number of nitrogens with zero attached hydrogens (tertiary/aromatic N) is 1. The Morgan fingerprint density at radius 1 is 1.44 bits per heavy atom. The highest BCUT2D eigenvalue weighted by Crippen LogP contribution is 2.06. The van der Waals surface area contributed by atoms with E-state index in [1.165, 1.54) is 6.07 Å². The fraction of sp³-hybridized carbons (Fsp3) is 0.417. The summed E-state index contributed by atoms with van der Waals surface area (Å²) in [4.78, 5) is 4.07. The molecule has 88 valence electrons. The largest absolute Gasteiger partial charge is 0.370 e. The molecule has 1 aromatic carbocycles. The summed E-state index contributed by atoms with van der Waals surface area (Å²) in [5.74, 6) is 0.613. The van der Waals surface area contributed by atoms with Crippen molar-refractivity contribution in [3.05, 3.63) is 35.6 Å². The number of guanidine groups is 1. The van der Waals surface area contributed by atoms with Crippen LogP contribution in [0.2, 0.25) is 0 Å². The van der Waals surface area contributed by atoms with Crippen molar-refractivity contribution < 1.29 is 4.39 Å². The van der Waals surface area contributed by atoms with E-state index in [4.69, 9.17) is 5.73 Å². The van der Waals surface area contributed by atoms with E-state index < -0.39 is 0 Å². The molecule has 0 heterocycles. The maximum absolute atomic E-state index is 13.2. The molecule has 4 heteroatoms. The van der Waals surface area contributed by atoms with Gasteiger partial charge in [0.1, 0.15) is 5.82 Å². The van der Waals surface area contributed by atoms with Gasteiger partial charge in [0.15, 0.2) is 5.96 Å². The molecule has 0 aliphatic carbocycles. The summed E-state index contributed by atoms with van der Waals surface area (Å²) in [5, 5.41) is 2.98. The number of nitrogens with two attached hydrogens (primary N) is 1. The molecule has 1 rings (SSSR count). The van der Waals surface area contributed by atoms with Gasteiger partial charge in [-0.25, -0.2) is 9.38 Å². The standard InChI is InChI=1S/C12H18FN3/c1-9(2)7-15-12(14)16-8-10-5-3-4-6-11(10)13/h3-6,9H,7-8H2,1-2H3,(H3,14,15,16). The Balaban J connectivity index is 2.49. The lowest BCUT2D eigenvalue weighted by molar-refractivity contribution is 0.608. The van der Waals surface area contributed by atoms with Crippen molar-refractivity contribution in [1.29, 1.82) is 0 Å². The van der Waals surface area contributed by atoms with Gasteiger partial charge in [-0.1, -0.05) is 32.0 Å². The predicted molar refractivity (Wildman–Crippen MR) is 64.6 cm³/mol. The summed E-state index contributed by atoms with van der Waals surface area (Å²) in [6.07, 6.45) is 0. The van der Waals surface area contributed by atoms with Crippen LogP contribution in [0.25, 0.3) is 0 Å². The minimum Gasteiger partial charge on any atom is -0.370 e. The number of nitrogens with one attached hydrogen (secondary N) is 1. The Kier molecular flexibility index (Phi) is 4.76. The molecular weight excluding hydrogens is 205 g/mol. The Hall–Kier alpha value is -1.58. The first-order chi connectivity index (χ1) is 7.59. The number of halogens is 1. The van der Waals surface area contributed by atoms with Crippen molar-refractivity contribution >= 4 is 5.96 Å². The second-order valence-electron chi connectivity index (χ2n) is 4.07. The van der Waals surface area contributed by atoms with Crippen molar-refractivity contribution in [3.63, 3.8) is 0 Å². The van der Waals surface area contributed by atoms with Gasteiger partial charge in [-0.2, -0.15) is 0 Å². The van der Waals surface area contributed by atoms with Gasteiger partial charge in [-0.15, -0.1) is 0 Å². The fourth-order valence-corrected chi connectivity index (χ4v) is 1.16. The maximum Gasteiger partial charge on any atom is 0.188 e. The Labute approximate surface area is 95.6 Å². The van der Waals surface area contributed by atoms with Gasteiger partial charge in [0, 0.05) is 12.1 Å². The summed E-state index contributed by atoms with van der Waals surface area (Å²) >= 11 is 0. The summed E-state index contributed by atoms with van der Waals surface area (Å²) in [5.41, 5.74) is 6.19. The van der Waals surface area contributed by atoms with E-state index in [0.717, 1.165) is 6.54 Å². The lowest BCUT2D eigenvalue weighted by atomic mass is 10.2. The highest BCUT2D eigenvalue weighted by atomic mass is 19.1. The molecule has 0 bridgehead atoms. The zero-order valence-corrected chi connectivity index (χ0v) is 9.70. The fourth-order valence-electron chi connectivity index (χ4n) is 1.16. The van der Waals surface area contributed by atoms with E-state index in [1.807, 2.05) is 0 Å². The maximum atomic E-state index is 13.2. The number of rotatable bonds is 4. The van der Waals surface area contributed by atoms with Gasteiger partial charge in [0.2, 0.25) is 0 Å². The molecule has 0 aliphatic rings. The van der Waals surface area contributed by atoms with Gasteiger partial charge in [-0.3, -0.25) is 0 Å². The third-order valence-corrected chi connectivity index (χ3v) is 2.07. The number of hydrogen-bond acceptors (Lipinski definition) is 1. The van der Waals surface area contributed by atoms with Crippen LogP contribution in [-0.4, -0.2) is 12.5 Å². The number of benzene rings is 1. The van der Waals surface area contributed by atoms with Crippen molar-refractivity contribution in [2.24, 2.45) is 16.6 Å². The normalized spacial score (nSPS) is 11.9. The molecule has 3 N–H and O–H groups in total. The third kappa shape index (κ3) is 4.29. The lowest BCUT2D eigenvalue weighted by Gasteiger charge is -2.07. The minimum atomic E-state index is -0.247. The SMILES string of the molecule is CC(C)CNC(N)=NCc1ccccc1F. The Morgan fingerprint density at radius 2 is 2.12 bits per heavy atom. The Bertz CT molecular complexity index is 361. The molecule has 0 spiro atoms. The molecule has 0 radical (unpaired) electrons. The second-order valence-corrected chi connectivity index (χ2v) is 4.07. The molecule has 0 amide bonds. The minimum absolute atomic E-state index is 0.247. The van der Waals surface area contributed by atoms with Gasteiger partial charge in [-0.05, 0) is 12.0 Å². The van der Waals surface area contributed by atoms with Gasteiger partial charge >= 0.3 is 0 Å². The van der Waals surface area contributed by atoms with Crippen LogP contribution in [0, 0.1) is 11.7 Å². The summed E-state index contributed by atoms with van der Waals surface area (Å²) in [6, 6.07) is 6.56. The Morgan fingerprint density at radius 3 is 2.75 bits per heavy atom. The highest BCUT2D eigenvalue weighted by molar-refractivity contribution is 5.77. The smallest absolute Gasteiger partial charge is 0.188 e. The molecule has 1 aromatic rings. The zero-order valence-electron chi connectivity index (χ0n) is 9.70. The highest BCUT2D eigenvalue weighted by Gasteiger charge is 1.99. The third-order valence-electron chi connectivity index (χ3n) is 2.07. The average Bonchev–Trinajstić information content (AvgIpc) is 2.25. The summed E-state index contributed by atoms with van der Waals surface area (Å²) in [6.45, 7) is 5.20. The van der Waals surface area contributed by atoms with E-state index in [2.05, 4.69) is 24.2 Å². The monoisotopic (exact) mass is 223 g/mol. The molecule has 0 saturated carbocycles. The van der Waals surface area contributed by atoms with Gasteiger partial charge < -0.3 is 11.1 Å². The van der Waals surface area contributed by atoms with Gasteiger partial charge in [0.25, 0.3) is 0 Å². The van der Waals surface area contributed by atoms with Crippen LogP contribution >= 0.6 is 0 Å². The first-order valence-corrected chi connectivity index (χ1v) is 5.36. The average molecular weight is 223 g/mol. The van der Waals surface area contributed by atoms with E-state index in [1.54, 1.807) is 18.2 Å². The first-order valence-electron chi connectivity index (χ1n) is 5.36. The molecule has 0 fully saturated rings. The van der Waals surface area contributed by atoms with Crippen molar-refractivity contribution in [2.45, 2.75) is 20.4 Å². The van der Waals surface area contributed by atoms with Crippen LogP contribution in [0.4, 0.5) is 4.39 Å². The number of hydrogen-bond donors (Lipinski definition) is 2. The molecule has 16 heavy (non-hydrogen) atoms. The lowest BCUT2D eigenvalue weighted by Crippen LogP contribution is -2.34. The van der Waals surface area contributed by atoms with Gasteiger partial charge in [0.05, 0.1) is 6.54 Å². The molecule has 0 saturated heterocycles. The zero-order chi connectivity index (χ0) is 12.0. The predicted octanol–water partition coefficient (Wildman–Crippen LogP) is 1.89. The van der Waals surface area contributed by atoms with E-state index in [9.17, 15) is 4.39 Å². The molecule has 0 aromatic heterocycles. The summed E-state index contributed by atoms with van der Waals surface area (Å²) in [7, 11) is 0. The van der Waals surface area contributed by atoms with E-state index in [0.29, 0.717) is 17.4 Å². The topological polar surface area (TPSA) is 50.4 Å². The van der Waals surface area contributed by atoms with Crippen LogP contribution < -0.4 is 11.1 Å². The molecule has 0 unspecified atom stereocenters. The van der Waals surface area contributed by atoms with E-state index in [-0.39, 0.29) is 12.4 Å². The molecule has 0 atom stereocenters. The van der Waals surface area contributed by atoms with E-state index >= 15 is 0 Å². The van der Waals surface area contributed by atoms with Crippen LogP contribution in [0.3, 0.4) is 0 Å². The van der Waals surface area contributed by atoms with Crippen LogP contribution in [0.5, 0.6) is 0 Å². The number of aliphatic imine (C=N–C) groups is 1.